The lowest BCUT2D eigenvalue weighted by Gasteiger charge is -2.35. The number of rotatable bonds is 3. The number of hydrogen-bond acceptors (Lipinski definition) is 4. The summed E-state index contributed by atoms with van der Waals surface area (Å²) < 4.78 is 41.0. The van der Waals surface area contributed by atoms with E-state index in [1.807, 2.05) is 0 Å². The smallest absolute Gasteiger partial charge is 0.409 e. The zero-order valence-corrected chi connectivity index (χ0v) is 16.1. The van der Waals surface area contributed by atoms with Crippen LogP contribution >= 0.6 is 12.4 Å². The first-order valence-corrected chi connectivity index (χ1v) is 8.89. The topological polar surface area (TPSA) is 90.0 Å². The van der Waals surface area contributed by atoms with Gasteiger partial charge in [-0.1, -0.05) is 12.1 Å². The molecule has 1 aromatic carbocycles. The minimum Gasteiger partial charge on any atom is -0.481 e. The Morgan fingerprint density at radius 3 is 2.59 bits per heavy atom. The third-order valence-corrected chi connectivity index (χ3v) is 4.99. The Labute approximate surface area is 171 Å². The predicted octanol–water partition coefficient (Wildman–Crippen LogP) is 2.51. The number of aliphatic carboxylic acids is 1. The van der Waals surface area contributed by atoms with Crippen molar-refractivity contribution in [2.24, 2.45) is 5.92 Å². The summed E-state index contributed by atoms with van der Waals surface area (Å²) in [5, 5.41) is 11.6. The van der Waals surface area contributed by atoms with E-state index in [9.17, 15) is 27.6 Å². The molecular weight excluding hydrogens is 415 g/mol. The lowest BCUT2D eigenvalue weighted by molar-refractivity contribution is -0.158. The highest BCUT2D eigenvalue weighted by molar-refractivity contribution is 6.05. The fourth-order valence-corrected chi connectivity index (χ4v) is 3.66. The van der Waals surface area contributed by atoms with Crippen LogP contribution in [-0.2, 0) is 14.4 Å². The highest BCUT2D eigenvalue weighted by atomic mass is 35.5. The number of alkyl halides is 3. The second-order valence-electron chi connectivity index (χ2n) is 7.00. The summed E-state index contributed by atoms with van der Waals surface area (Å²) in [5.74, 6) is -3.29. The third-order valence-electron chi connectivity index (χ3n) is 4.99. The van der Waals surface area contributed by atoms with Gasteiger partial charge in [0.1, 0.15) is 6.04 Å². The maximum absolute atomic E-state index is 13.7. The van der Waals surface area contributed by atoms with Gasteiger partial charge >= 0.3 is 12.1 Å². The number of benzene rings is 1. The maximum Gasteiger partial charge on any atom is 0.409 e. The van der Waals surface area contributed by atoms with Crippen LogP contribution in [-0.4, -0.2) is 59.6 Å². The molecular formula is C18H21ClF3N3O4. The molecule has 1 aromatic rings. The van der Waals surface area contributed by atoms with E-state index in [1.165, 1.54) is 18.2 Å². The van der Waals surface area contributed by atoms with E-state index in [4.69, 9.17) is 5.11 Å². The van der Waals surface area contributed by atoms with E-state index < -0.39 is 42.3 Å². The standard InChI is InChI=1S/C18H20F3N3O4.ClH/c19-18(20,21)14-8-15(25)22-12-5-1-2-6-13(12)24(14)16(26)10-23-7-3-4-11(9-23)17(27)28;/h1-2,5-6,11,14H,3-4,7-10H2,(H,22,25)(H,27,28);1H. The van der Waals surface area contributed by atoms with E-state index in [-0.39, 0.29) is 36.9 Å². The number of amides is 2. The molecule has 0 radical (unpaired) electrons. The molecule has 7 nitrogen and oxygen atoms in total. The van der Waals surface area contributed by atoms with Gasteiger partial charge in [0.15, 0.2) is 0 Å². The number of nitrogens with one attached hydrogen (secondary N) is 1. The molecule has 160 valence electrons. The Morgan fingerprint density at radius 2 is 1.93 bits per heavy atom. The van der Waals surface area contributed by atoms with Gasteiger partial charge in [-0.05, 0) is 31.5 Å². The average Bonchev–Trinajstić information content (AvgIpc) is 2.77. The van der Waals surface area contributed by atoms with Gasteiger partial charge in [0.2, 0.25) is 11.8 Å². The Balaban J connectivity index is 0.00000300. The van der Waals surface area contributed by atoms with Gasteiger partial charge < -0.3 is 10.4 Å². The monoisotopic (exact) mass is 435 g/mol. The van der Waals surface area contributed by atoms with Crippen molar-refractivity contribution in [3.63, 3.8) is 0 Å². The first-order chi connectivity index (χ1) is 13.2. The van der Waals surface area contributed by atoms with Crippen molar-refractivity contribution >= 4 is 41.6 Å². The molecule has 0 bridgehead atoms. The molecule has 0 saturated carbocycles. The van der Waals surface area contributed by atoms with Crippen molar-refractivity contribution in [2.45, 2.75) is 31.5 Å². The molecule has 2 atom stereocenters. The summed E-state index contributed by atoms with van der Waals surface area (Å²) in [4.78, 5) is 38.3. The number of carbonyl (C=O) groups is 3. The van der Waals surface area contributed by atoms with Crippen LogP contribution in [0.4, 0.5) is 24.5 Å². The number of carboxylic acid groups (broad SMARTS) is 1. The van der Waals surface area contributed by atoms with Crippen molar-refractivity contribution in [1.82, 2.24) is 4.90 Å². The second kappa shape index (κ2) is 9.00. The summed E-state index contributed by atoms with van der Waals surface area (Å²) in [7, 11) is 0. The van der Waals surface area contributed by atoms with Gasteiger partial charge in [0.25, 0.3) is 0 Å². The van der Waals surface area contributed by atoms with Gasteiger partial charge in [-0.15, -0.1) is 12.4 Å². The minimum absolute atomic E-state index is 0. The number of likely N-dealkylation sites (tertiary alicyclic amines) is 1. The molecule has 2 aliphatic rings. The van der Waals surface area contributed by atoms with Crippen LogP contribution in [0.25, 0.3) is 0 Å². The van der Waals surface area contributed by atoms with Crippen molar-refractivity contribution in [3.8, 4) is 0 Å². The molecule has 3 rings (SSSR count). The molecule has 0 aliphatic carbocycles. The molecule has 2 heterocycles. The number of carbonyl (C=O) groups excluding carboxylic acids is 2. The van der Waals surface area contributed by atoms with E-state index in [2.05, 4.69) is 5.32 Å². The number of hydrogen-bond donors (Lipinski definition) is 2. The fourth-order valence-electron chi connectivity index (χ4n) is 3.66. The molecule has 1 fully saturated rings. The molecule has 1 saturated heterocycles. The van der Waals surface area contributed by atoms with Gasteiger partial charge in [0.05, 0.1) is 30.3 Å². The van der Waals surface area contributed by atoms with E-state index in [0.717, 1.165) is 0 Å². The number of piperidine rings is 1. The fraction of sp³-hybridized carbons (Fsp3) is 0.500. The highest BCUT2D eigenvalue weighted by Crippen LogP contribution is 2.37. The first-order valence-electron chi connectivity index (χ1n) is 8.89. The molecule has 2 amide bonds. The zero-order chi connectivity index (χ0) is 20.5. The highest BCUT2D eigenvalue weighted by Gasteiger charge is 2.49. The van der Waals surface area contributed by atoms with Crippen molar-refractivity contribution in [1.29, 1.82) is 0 Å². The van der Waals surface area contributed by atoms with E-state index in [1.54, 1.807) is 11.0 Å². The van der Waals surface area contributed by atoms with Crippen LogP contribution in [0.5, 0.6) is 0 Å². The Kier molecular flexibility index (Phi) is 7.12. The second-order valence-corrected chi connectivity index (χ2v) is 7.00. The Bertz CT molecular complexity index is 790. The zero-order valence-electron chi connectivity index (χ0n) is 15.3. The van der Waals surface area contributed by atoms with Gasteiger partial charge in [-0.2, -0.15) is 13.2 Å². The Hall–Kier alpha value is -2.33. The first kappa shape index (κ1) is 23.0. The molecule has 2 aliphatic heterocycles. The molecule has 0 aromatic heterocycles. The van der Waals surface area contributed by atoms with Crippen molar-refractivity contribution in [3.05, 3.63) is 24.3 Å². The largest absolute Gasteiger partial charge is 0.481 e. The summed E-state index contributed by atoms with van der Waals surface area (Å²) in [5.41, 5.74) is 0.113. The molecule has 29 heavy (non-hydrogen) atoms. The lowest BCUT2D eigenvalue weighted by atomic mass is 9.98. The van der Waals surface area contributed by atoms with Gasteiger partial charge in [-0.3, -0.25) is 24.2 Å². The van der Waals surface area contributed by atoms with Gasteiger partial charge in [-0.25, -0.2) is 0 Å². The van der Waals surface area contributed by atoms with Crippen LogP contribution in [0, 0.1) is 5.92 Å². The predicted molar refractivity (Wildman–Crippen MR) is 101 cm³/mol. The number of fused-ring (bicyclic) bond motifs is 1. The van der Waals surface area contributed by atoms with E-state index >= 15 is 0 Å². The summed E-state index contributed by atoms with van der Waals surface area (Å²) in [6.45, 7) is 0.183. The average molecular weight is 436 g/mol. The van der Waals surface area contributed by atoms with Crippen LogP contribution in [0.15, 0.2) is 24.3 Å². The maximum atomic E-state index is 13.7. The van der Waals surface area contributed by atoms with Crippen molar-refractivity contribution in [2.75, 3.05) is 29.9 Å². The summed E-state index contributed by atoms with van der Waals surface area (Å²) in [6.07, 6.45) is -4.68. The summed E-state index contributed by atoms with van der Waals surface area (Å²) >= 11 is 0. The molecule has 11 heteroatoms. The molecule has 2 N–H and O–H groups in total. The van der Waals surface area contributed by atoms with Crippen molar-refractivity contribution < 1.29 is 32.7 Å². The van der Waals surface area contributed by atoms with Crippen LogP contribution in [0.3, 0.4) is 0 Å². The lowest BCUT2D eigenvalue weighted by Crippen LogP contribution is -2.53. The van der Waals surface area contributed by atoms with Crippen LogP contribution in [0.1, 0.15) is 19.3 Å². The number of para-hydroxylation sites is 2. The Morgan fingerprint density at radius 1 is 1.24 bits per heavy atom. The third kappa shape index (κ3) is 5.18. The number of anilines is 2. The number of nitrogens with zero attached hydrogens (tertiary/aromatic N) is 2. The van der Waals surface area contributed by atoms with Crippen LogP contribution in [0.2, 0.25) is 0 Å². The number of halogens is 4. The minimum atomic E-state index is -4.80. The summed E-state index contributed by atoms with van der Waals surface area (Å²) in [6, 6.07) is 3.55. The molecule has 0 spiro atoms. The number of carboxylic acids is 1. The SMILES string of the molecule is Cl.O=C1CC(C(F)(F)F)N(C(=O)CN2CCCC(C(=O)O)C2)c2ccccc2N1. The van der Waals surface area contributed by atoms with Crippen LogP contribution < -0.4 is 10.2 Å². The normalized spacial score (nSPS) is 22.7. The van der Waals surface area contributed by atoms with E-state index in [0.29, 0.717) is 24.3 Å². The molecule has 2 unspecified atom stereocenters. The quantitative estimate of drug-likeness (QED) is 0.761. The van der Waals surface area contributed by atoms with Gasteiger partial charge in [0, 0.05) is 6.54 Å².